The Balaban J connectivity index is 1.40. The number of aliphatic hydroxyl groups is 1. The highest BCUT2D eigenvalue weighted by molar-refractivity contribution is 7.98. The first kappa shape index (κ1) is 36.7. The average Bonchev–Trinajstić information content (AvgIpc) is 3.69. The Morgan fingerprint density at radius 3 is 2.44 bits per heavy atom. The molecule has 0 fully saturated rings. The summed E-state index contributed by atoms with van der Waals surface area (Å²) in [5, 5.41) is 40.1. The van der Waals surface area contributed by atoms with Gasteiger partial charge in [-0.05, 0) is 24.0 Å². The molecule has 15 nitrogen and oxygen atoms in total. The van der Waals surface area contributed by atoms with Crippen LogP contribution in [0.1, 0.15) is 41.6 Å². The van der Waals surface area contributed by atoms with Gasteiger partial charge in [0.25, 0.3) is 0 Å². The fraction of sp³-hybridized carbons (Fsp3) is 0.364. The van der Waals surface area contributed by atoms with Gasteiger partial charge in [-0.3, -0.25) is 23.9 Å². The fourth-order valence-corrected chi connectivity index (χ4v) is 6.86. The van der Waals surface area contributed by atoms with E-state index < -0.39 is 51.8 Å². The summed E-state index contributed by atoms with van der Waals surface area (Å²) < 4.78 is 18.2. The molecule has 0 radical (unpaired) electrons. The third-order valence-corrected chi connectivity index (χ3v) is 9.82. The van der Waals surface area contributed by atoms with Gasteiger partial charge in [0.05, 0.1) is 20.4 Å². The van der Waals surface area contributed by atoms with Crippen molar-refractivity contribution in [1.82, 2.24) is 20.4 Å². The van der Waals surface area contributed by atoms with Crippen LogP contribution < -0.4 is 30.1 Å². The normalized spacial score (nSPS) is 19.5. The number of fused-ring (bicyclic) bond motifs is 1. The summed E-state index contributed by atoms with van der Waals surface area (Å²) in [6.07, 6.45) is 3.80. The molecule has 2 amide bonds. The van der Waals surface area contributed by atoms with Crippen LogP contribution >= 0.6 is 23.4 Å². The van der Waals surface area contributed by atoms with Gasteiger partial charge in [-0.25, -0.2) is 5.21 Å². The van der Waals surface area contributed by atoms with Crippen molar-refractivity contribution in [1.29, 1.82) is 0 Å². The number of methoxy groups -OCH3 is 2. The maximum absolute atomic E-state index is 14.3. The van der Waals surface area contributed by atoms with Crippen LogP contribution in [0.15, 0.2) is 59.0 Å². The van der Waals surface area contributed by atoms with Crippen molar-refractivity contribution < 1.29 is 48.9 Å². The fourth-order valence-electron chi connectivity index (χ4n) is 6.19. The highest BCUT2D eigenvalue weighted by atomic mass is 35.5. The molecule has 5 N–H and O–H groups in total. The van der Waals surface area contributed by atoms with Crippen molar-refractivity contribution in [3.05, 3.63) is 75.4 Å². The molecule has 266 valence electrons. The van der Waals surface area contributed by atoms with Gasteiger partial charge in [-0.15, -0.1) is 11.8 Å². The lowest BCUT2D eigenvalue weighted by Gasteiger charge is -2.38. The van der Waals surface area contributed by atoms with Gasteiger partial charge < -0.3 is 35.2 Å². The van der Waals surface area contributed by atoms with E-state index in [2.05, 4.69) is 15.7 Å². The zero-order valence-electron chi connectivity index (χ0n) is 27.6. The number of benzene rings is 2. The highest BCUT2D eigenvalue weighted by Gasteiger charge is 2.61. The first-order valence-corrected chi connectivity index (χ1v) is 17.0. The number of thioether (sulfide) groups is 1. The number of amides is 2. The van der Waals surface area contributed by atoms with Gasteiger partial charge in [0.1, 0.15) is 34.8 Å². The minimum atomic E-state index is -2.02. The molecular formula is C33H36ClN5O10S. The topological polar surface area (TPSA) is 206 Å². The van der Waals surface area contributed by atoms with Crippen LogP contribution in [0.5, 0.6) is 17.2 Å². The van der Waals surface area contributed by atoms with Gasteiger partial charge in [0, 0.05) is 54.3 Å². The van der Waals surface area contributed by atoms with Crippen LogP contribution in [0.25, 0.3) is 0 Å². The third kappa shape index (κ3) is 6.89. The van der Waals surface area contributed by atoms with Crippen LogP contribution in [0.2, 0.25) is 5.02 Å². The molecule has 2 unspecified atom stereocenters. The Morgan fingerprint density at radius 1 is 1.18 bits per heavy atom. The number of halogens is 1. The second-order valence-corrected chi connectivity index (χ2v) is 13.0. The molecule has 50 heavy (non-hydrogen) atoms. The Bertz CT molecular complexity index is 1850. The number of carbonyl (C=O) groups excluding carboxylic acids is 4. The molecule has 2 aromatic carbocycles. The summed E-state index contributed by atoms with van der Waals surface area (Å²) >= 11 is 8.07. The molecule has 5 rings (SSSR count). The number of nitrogens with zero attached hydrogens (tertiary/aromatic N) is 2. The molecule has 1 aromatic heterocycles. The van der Waals surface area contributed by atoms with Crippen molar-refractivity contribution >= 4 is 52.4 Å². The molecule has 1 aliphatic carbocycles. The summed E-state index contributed by atoms with van der Waals surface area (Å²) in [5.41, 5.74) is -1.66. The quantitative estimate of drug-likeness (QED) is 0.0978. The summed E-state index contributed by atoms with van der Waals surface area (Å²) in [4.78, 5) is 54.7. The van der Waals surface area contributed by atoms with Gasteiger partial charge in [0.2, 0.25) is 28.9 Å². The first-order valence-electron chi connectivity index (χ1n) is 15.4. The lowest BCUT2D eigenvalue weighted by atomic mass is 9.69. The number of allylic oxidation sites excluding steroid dienone is 1. The number of hydrogen-bond donors (Lipinski definition) is 5. The zero-order chi connectivity index (χ0) is 36.3. The Kier molecular flexibility index (Phi) is 11.1. The van der Waals surface area contributed by atoms with E-state index in [9.17, 15) is 29.5 Å². The Labute approximate surface area is 296 Å². The molecule has 1 spiro atoms. The number of rotatable bonds is 13. The Hall–Kier alpha value is -4.61. The van der Waals surface area contributed by atoms with Crippen LogP contribution in [0.3, 0.4) is 0 Å². The number of Topliss-reactive ketones (excluding diaryl/α,β-unsaturated/α-hetero) is 2. The second-order valence-electron chi connectivity index (χ2n) is 11.7. The van der Waals surface area contributed by atoms with E-state index in [0.29, 0.717) is 5.56 Å². The molecular weight excluding hydrogens is 694 g/mol. The smallest absolute Gasteiger partial charge is 0.241 e. The molecule has 17 heteroatoms. The van der Waals surface area contributed by atoms with Crippen molar-refractivity contribution in [2.45, 2.75) is 42.7 Å². The average molecular weight is 730 g/mol. The minimum Gasteiger partial charge on any atom is -0.595 e. The number of aliphatic hydroxyl groups excluding tert-OH is 1. The summed E-state index contributed by atoms with van der Waals surface area (Å²) in [7, 11) is 2.76. The number of quaternary nitrogens is 1. The Morgan fingerprint density at radius 2 is 1.84 bits per heavy atom. The SMILES string of the molecule is COc1cc(OC)c2c(c1Cl)O[C@]1(C2=O)C(O)=C(C(CC(=O)NCCNC(=O)Cn2cc([NH+]([O-])O)cn2)c2ccc(SC)cc2)C(=O)C[C@H]1C. The number of aromatic nitrogens is 2. The largest absolute Gasteiger partial charge is 0.595 e. The standard InChI is InChI=1S/C33H36ClN5O10S/c1-17-11-22(40)27(31(43)33(17)32(44)28-23(47-2)13-24(48-3)29(34)30(28)49-33)21(18-5-7-20(50-4)8-6-18)12-25(41)35-9-10-36-26(42)16-38-15-19(14-37-38)39(45)46/h5-8,13-15,17,21,39,43,45H,9-12,16H2,1-4H3,(H,35,41)(H,36,42)/t17-,21?,33+/m1/s1. The number of nitrogens with one attached hydrogen (secondary N) is 3. The maximum atomic E-state index is 14.3. The van der Waals surface area contributed by atoms with Gasteiger partial charge >= 0.3 is 0 Å². The van der Waals surface area contributed by atoms with Gasteiger partial charge in [-0.1, -0.05) is 30.7 Å². The molecule has 0 saturated carbocycles. The summed E-state index contributed by atoms with van der Waals surface area (Å²) in [6, 6.07) is 8.60. The second kappa shape index (κ2) is 15.1. The molecule has 0 saturated heterocycles. The van der Waals surface area contributed by atoms with Crippen molar-refractivity contribution in [3.8, 4) is 17.2 Å². The van der Waals surface area contributed by atoms with Crippen molar-refractivity contribution in [2.75, 3.05) is 33.6 Å². The molecule has 2 heterocycles. The maximum Gasteiger partial charge on any atom is 0.241 e. The van der Waals surface area contributed by atoms with Crippen molar-refractivity contribution in [2.24, 2.45) is 5.92 Å². The van der Waals surface area contributed by atoms with Crippen LogP contribution in [-0.4, -0.2) is 82.6 Å². The molecule has 1 aliphatic heterocycles. The predicted octanol–water partition coefficient (Wildman–Crippen LogP) is 2.52. The first-order chi connectivity index (χ1) is 23.9. The van der Waals surface area contributed by atoms with E-state index in [1.165, 1.54) is 42.9 Å². The van der Waals surface area contributed by atoms with Gasteiger partial charge in [0.15, 0.2) is 17.3 Å². The van der Waals surface area contributed by atoms with E-state index in [1.54, 1.807) is 19.1 Å². The lowest BCUT2D eigenvalue weighted by Crippen LogP contribution is -2.99. The zero-order valence-corrected chi connectivity index (χ0v) is 29.1. The van der Waals surface area contributed by atoms with E-state index >= 15 is 0 Å². The number of carbonyl (C=O) groups is 4. The summed E-state index contributed by atoms with van der Waals surface area (Å²) in [5.74, 6) is -4.19. The molecule has 3 aromatic rings. The van der Waals surface area contributed by atoms with E-state index in [1.807, 2.05) is 18.4 Å². The minimum absolute atomic E-state index is 0.000875. The van der Waals surface area contributed by atoms with Crippen LogP contribution in [-0.2, 0) is 20.9 Å². The van der Waals surface area contributed by atoms with Crippen LogP contribution in [0, 0.1) is 11.1 Å². The van der Waals surface area contributed by atoms with Crippen molar-refractivity contribution in [3.63, 3.8) is 0 Å². The number of hydrogen-bond acceptors (Lipinski definition) is 12. The van der Waals surface area contributed by atoms with E-state index in [0.717, 1.165) is 11.1 Å². The summed E-state index contributed by atoms with van der Waals surface area (Å²) in [6.45, 7) is 1.47. The number of ether oxygens (including phenoxy) is 3. The van der Waals surface area contributed by atoms with Crippen LogP contribution in [0.4, 0.5) is 5.69 Å². The number of ketones is 2. The monoisotopic (exact) mass is 729 g/mol. The molecule has 4 atom stereocenters. The molecule has 2 aliphatic rings. The lowest BCUT2D eigenvalue weighted by molar-refractivity contribution is -0.991. The van der Waals surface area contributed by atoms with E-state index in [-0.39, 0.29) is 71.6 Å². The molecule has 0 bridgehead atoms. The predicted molar refractivity (Wildman–Crippen MR) is 180 cm³/mol. The highest BCUT2D eigenvalue weighted by Crippen LogP contribution is 2.55. The van der Waals surface area contributed by atoms with Gasteiger partial charge in [-0.2, -0.15) is 10.3 Å². The third-order valence-electron chi connectivity index (χ3n) is 8.72. The van der Waals surface area contributed by atoms with E-state index in [4.69, 9.17) is 31.0 Å².